The van der Waals surface area contributed by atoms with Crippen molar-refractivity contribution in [3.63, 3.8) is 0 Å². The van der Waals surface area contributed by atoms with Gasteiger partial charge in [-0.2, -0.15) is 0 Å². The van der Waals surface area contributed by atoms with Gasteiger partial charge in [-0.05, 0) is 22.0 Å². The number of thiophene rings is 1. The van der Waals surface area contributed by atoms with Crippen LogP contribution in [0.1, 0.15) is 10.4 Å². The van der Waals surface area contributed by atoms with Gasteiger partial charge in [-0.15, -0.1) is 11.3 Å². The van der Waals surface area contributed by atoms with E-state index in [1.807, 2.05) is 0 Å². The van der Waals surface area contributed by atoms with Gasteiger partial charge in [0, 0.05) is 18.5 Å². The molecule has 0 radical (unpaired) electrons. The van der Waals surface area contributed by atoms with Crippen molar-refractivity contribution in [2.45, 2.75) is 0 Å². The Bertz CT molecular complexity index is 323. The van der Waals surface area contributed by atoms with E-state index in [-0.39, 0.29) is 32.2 Å². The van der Waals surface area contributed by atoms with E-state index in [2.05, 4.69) is 15.9 Å². The van der Waals surface area contributed by atoms with Crippen LogP contribution in [0.25, 0.3) is 0 Å². The summed E-state index contributed by atoms with van der Waals surface area (Å²) in [6.07, 6.45) is 0. The Kier molecular flexibility index (Phi) is 5.24. The van der Waals surface area contributed by atoms with Crippen LogP contribution in [0.2, 0.25) is 0 Å². The maximum absolute atomic E-state index is 11.8. The van der Waals surface area contributed by atoms with Crippen molar-refractivity contribution in [3.8, 4) is 0 Å². The molecular weight excluding hydrogens is 282 g/mol. The number of hydrogen-bond donors (Lipinski definition) is 2. The molecule has 1 aromatic heterocycles. The zero-order valence-electron chi connectivity index (χ0n) is 8.02. The van der Waals surface area contributed by atoms with Crippen molar-refractivity contribution >= 4 is 33.2 Å². The Morgan fingerprint density at radius 3 is 2.40 bits per heavy atom. The van der Waals surface area contributed by atoms with Gasteiger partial charge < -0.3 is 15.1 Å². The van der Waals surface area contributed by atoms with Gasteiger partial charge in [-0.25, -0.2) is 0 Å². The fourth-order valence-electron chi connectivity index (χ4n) is 1.16. The maximum atomic E-state index is 11.8. The zero-order chi connectivity index (χ0) is 11.3. The highest BCUT2D eigenvalue weighted by molar-refractivity contribution is 9.11. The fourth-order valence-corrected chi connectivity index (χ4v) is 2.29. The Hall–Kier alpha value is -0.430. The third kappa shape index (κ3) is 3.57. The summed E-state index contributed by atoms with van der Waals surface area (Å²) in [5.41, 5.74) is 0.578. The van der Waals surface area contributed by atoms with Crippen LogP contribution in [0.4, 0.5) is 0 Å². The second kappa shape index (κ2) is 6.22. The van der Waals surface area contributed by atoms with Gasteiger partial charge in [-0.3, -0.25) is 4.79 Å². The quantitative estimate of drug-likeness (QED) is 0.849. The summed E-state index contributed by atoms with van der Waals surface area (Å²) >= 11 is 4.71. The average molecular weight is 294 g/mol. The number of hydrogen-bond acceptors (Lipinski definition) is 4. The number of aliphatic hydroxyl groups excluding tert-OH is 2. The monoisotopic (exact) mass is 293 g/mol. The molecule has 1 rings (SSSR count). The van der Waals surface area contributed by atoms with E-state index in [0.717, 1.165) is 3.79 Å². The molecule has 0 aliphatic rings. The van der Waals surface area contributed by atoms with E-state index >= 15 is 0 Å². The molecular formula is C9H12BrNO3S. The first-order chi connectivity index (χ1) is 7.19. The van der Waals surface area contributed by atoms with Crippen LogP contribution in [-0.2, 0) is 0 Å². The minimum Gasteiger partial charge on any atom is -0.395 e. The van der Waals surface area contributed by atoms with Crippen molar-refractivity contribution in [2.24, 2.45) is 0 Å². The van der Waals surface area contributed by atoms with Gasteiger partial charge in [-0.1, -0.05) is 0 Å². The SMILES string of the molecule is O=C(c1csc(Br)c1)N(CCO)CCO. The van der Waals surface area contributed by atoms with Gasteiger partial charge in [0.15, 0.2) is 0 Å². The summed E-state index contributed by atoms with van der Waals surface area (Å²) in [4.78, 5) is 13.3. The third-order valence-corrected chi connectivity index (χ3v) is 3.35. The highest BCUT2D eigenvalue weighted by Crippen LogP contribution is 2.21. The average Bonchev–Trinajstić information content (AvgIpc) is 2.63. The van der Waals surface area contributed by atoms with Gasteiger partial charge in [0.1, 0.15) is 0 Å². The molecule has 0 bridgehead atoms. The van der Waals surface area contributed by atoms with Crippen LogP contribution in [0, 0.1) is 0 Å². The van der Waals surface area contributed by atoms with Gasteiger partial charge >= 0.3 is 0 Å². The molecule has 0 aliphatic heterocycles. The molecule has 4 nitrogen and oxygen atoms in total. The highest BCUT2D eigenvalue weighted by Gasteiger charge is 2.15. The molecule has 0 fully saturated rings. The lowest BCUT2D eigenvalue weighted by Gasteiger charge is -2.19. The number of amides is 1. The molecule has 1 aromatic rings. The lowest BCUT2D eigenvalue weighted by Crippen LogP contribution is -2.35. The molecule has 84 valence electrons. The van der Waals surface area contributed by atoms with E-state index in [1.54, 1.807) is 11.4 Å². The van der Waals surface area contributed by atoms with Crippen molar-refractivity contribution in [3.05, 3.63) is 20.8 Å². The van der Waals surface area contributed by atoms with Crippen LogP contribution in [0.15, 0.2) is 15.2 Å². The minimum atomic E-state index is -0.167. The van der Waals surface area contributed by atoms with Gasteiger partial charge in [0.05, 0.1) is 22.6 Å². The molecule has 0 aromatic carbocycles. The molecule has 2 N–H and O–H groups in total. The van der Waals surface area contributed by atoms with Crippen molar-refractivity contribution < 1.29 is 15.0 Å². The highest BCUT2D eigenvalue weighted by atomic mass is 79.9. The second-order valence-electron chi connectivity index (χ2n) is 2.88. The second-order valence-corrected chi connectivity index (χ2v) is 5.17. The number of halogens is 1. The van der Waals surface area contributed by atoms with E-state index in [1.165, 1.54) is 16.2 Å². The molecule has 1 amide bonds. The van der Waals surface area contributed by atoms with E-state index in [4.69, 9.17) is 10.2 Å². The first kappa shape index (κ1) is 12.6. The summed E-state index contributed by atoms with van der Waals surface area (Å²) < 4.78 is 0.888. The first-order valence-electron chi connectivity index (χ1n) is 4.44. The summed E-state index contributed by atoms with van der Waals surface area (Å²) in [7, 11) is 0. The van der Waals surface area contributed by atoms with Gasteiger partial charge in [0.2, 0.25) is 0 Å². The van der Waals surface area contributed by atoms with Gasteiger partial charge in [0.25, 0.3) is 5.91 Å². The molecule has 0 saturated heterocycles. The summed E-state index contributed by atoms with van der Waals surface area (Å²) in [5, 5.41) is 19.3. The molecule has 6 heteroatoms. The van der Waals surface area contributed by atoms with Crippen molar-refractivity contribution in [1.82, 2.24) is 4.90 Å². The van der Waals surface area contributed by atoms with Crippen LogP contribution in [-0.4, -0.2) is 47.3 Å². The fraction of sp³-hybridized carbons (Fsp3) is 0.444. The molecule has 0 saturated carbocycles. The van der Waals surface area contributed by atoms with Crippen molar-refractivity contribution in [1.29, 1.82) is 0 Å². The smallest absolute Gasteiger partial charge is 0.254 e. The van der Waals surface area contributed by atoms with E-state index in [0.29, 0.717) is 5.56 Å². The standard InChI is InChI=1S/C9H12BrNO3S/c10-8-5-7(6-15-8)9(14)11(1-3-12)2-4-13/h5-6,12-13H,1-4H2. The predicted octanol–water partition coefficient (Wildman–Crippen LogP) is 0.937. The zero-order valence-corrected chi connectivity index (χ0v) is 10.4. The number of carbonyl (C=O) groups is 1. The minimum absolute atomic E-state index is 0.100. The van der Waals surface area contributed by atoms with E-state index < -0.39 is 0 Å². The van der Waals surface area contributed by atoms with Crippen LogP contribution >= 0.6 is 27.3 Å². The Morgan fingerprint density at radius 2 is 2.00 bits per heavy atom. The lowest BCUT2D eigenvalue weighted by molar-refractivity contribution is 0.0685. The van der Waals surface area contributed by atoms with Crippen LogP contribution < -0.4 is 0 Å². The molecule has 0 aliphatic carbocycles. The number of nitrogens with zero attached hydrogens (tertiary/aromatic N) is 1. The summed E-state index contributed by atoms with van der Waals surface area (Å²) in [6.45, 7) is 0.286. The molecule has 15 heavy (non-hydrogen) atoms. The predicted molar refractivity (Wildman–Crippen MR) is 62.1 cm³/mol. The molecule has 0 atom stereocenters. The van der Waals surface area contributed by atoms with Crippen molar-refractivity contribution in [2.75, 3.05) is 26.3 Å². The molecule has 0 unspecified atom stereocenters. The maximum Gasteiger partial charge on any atom is 0.254 e. The number of aliphatic hydroxyl groups is 2. The summed E-state index contributed by atoms with van der Waals surface area (Å²) in [5.74, 6) is -0.167. The molecule has 0 spiro atoms. The Labute approximate surface area is 100 Å². The number of carbonyl (C=O) groups excluding carboxylic acids is 1. The van der Waals surface area contributed by atoms with Crippen LogP contribution in [0.5, 0.6) is 0 Å². The molecule has 1 heterocycles. The largest absolute Gasteiger partial charge is 0.395 e. The third-order valence-electron chi connectivity index (χ3n) is 1.84. The first-order valence-corrected chi connectivity index (χ1v) is 6.11. The Balaban J connectivity index is 2.71. The van der Waals surface area contributed by atoms with Crippen LogP contribution in [0.3, 0.4) is 0 Å². The lowest BCUT2D eigenvalue weighted by atomic mass is 10.3. The topological polar surface area (TPSA) is 60.8 Å². The number of rotatable bonds is 5. The summed E-state index contributed by atoms with van der Waals surface area (Å²) in [6, 6.07) is 1.73. The Morgan fingerprint density at radius 1 is 1.40 bits per heavy atom. The normalized spacial score (nSPS) is 10.3. The van der Waals surface area contributed by atoms with E-state index in [9.17, 15) is 4.79 Å².